The molecule has 3 nitrogen and oxygen atoms in total. The number of nitrogens with zero attached hydrogens (tertiary/aromatic N) is 1. The van der Waals surface area contributed by atoms with Gasteiger partial charge in [-0.15, -0.1) is 11.3 Å². The maximum absolute atomic E-state index is 5.88. The van der Waals surface area contributed by atoms with Gasteiger partial charge in [0.25, 0.3) is 0 Å². The number of thiophene rings is 1. The zero-order chi connectivity index (χ0) is 12.3. The molecule has 0 aromatic carbocycles. The van der Waals surface area contributed by atoms with Crippen molar-refractivity contribution in [2.45, 2.75) is 26.8 Å². The summed E-state index contributed by atoms with van der Waals surface area (Å²) in [6.07, 6.45) is 1.02. The largest absolute Gasteiger partial charge is 0.312 e. The molecule has 2 N–H and O–H groups in total. The van der Waals surface area contributed by atoms with Gasteiger partial charge in [-0.3, -0.25) is 5.10 Å². The normalized spacial score (nSPS) is 11.0. The highest BCUT2D eigenvalue weighted by molar-refractivity contribution is 7.16. The number of rotatable bonds is 5. The first-order valence-electron chi connectivity index (χ1n) is 5.62. The number of halogens is 1. The van der Waals surface area contributed by atoms with Gasteiger partial charge in [-0.1, -0.05) is 11.6 Å². The van der Waals surface area contributed by atoms with Gasteiger partial charge < -0.3 is 5.32 Å². The van der Waals surface area contributed by atoms with Crippen LogP contribution in [-0.4, -0.2) is 16.7 Å². The molecule has 0 aliphatic heterocycles. The van der Waals surface area contributed by atoms with Crippen molar-refractivity contribution in [3.8, 4) is 0 Å². The van der Waals surface area contributed by atoms with Crippen molar-refractivity contribution in [2.24, 2.45) is 0 Å². The monoisotopic (exact) mass is 269 g/mol. The second-order valence-corrected chi connectivity index (χ2v) is 5.84. The predicted octanol–water partition coefficient (Wildman–Crippen LogP) is 3.07. The van der Waals surface area contributed by atoms with E-state index in [0.29, 0.717) is 0 Å². The Labute approximate surface area is 110 Å². The lowest BCUT2D eigenvalue weighted by Crippen LogP contribution is -2.17. The average Bonchev–Trinajstić information content (AvgIpc) is 2.83. The quantitative estimate of drug-likeness (QED) is 0.819. The van der Waals surface area contributed by atoms with Crippen LogP contribution in [0.4, 0.5) is 0 Å². The fourth-order valence-corrected chi connectivity index (χ4v) is 2.83. The number of aryl methyl sites for hydroxylation is 2. The molecule has 0 unspecified atom stereocenters. The molecule has 0 aliphatic carbocycles. The molecule has 0 aliphatic rings. The topological polar surface area (TPSA) is 40.7 Å². The number of aromatic amines is 1. The van der Waals surface area contributed by atoms with Crippen LogP contribution in [0.5, 0.6) is 0 Å². The van der Waals surface area contributed by atoms with Crippen molar-refractivity contribution in [1.29, 1.82) is 0 Å². The molecule has 2 aromatic heterocycles. The lowest BCUT2D eigenvalue weighted by atomic mass is 10.2. The van der Waals surface area contributed by atoms with Gasteiger partial charge in [-0.25, -0.2) is 0 Å². The van der Waals surface area contributed by atoms with Crippen molar-refractivity contribution in [2.75, 3.05) is 6.54 Å². The highest BCUT2D eigenvalue weighted by atomic mass is 35.5. The van der Waals surface area contributed by atoms with E-state index >= 15 is 0 Å². The van der Waals surface area contributed by atoms with E-state index in [1.807, 2.05) is 13.0 Å². The molecule has 92 valence electrons. The van der Waals surface area contributed by atoms with Crippen LogP contribution in [0.1, 0.15) is 21.8 Å². The average molecular weight is 270 g/mol. The van der Waals surface area contributed by atoms with E-state index in [9.17, 15) is 0 Å². The standard InChI is InChI=1S/C12H16ClN3S/c1-8-11(9(2)16-15-8)7-14-6-5-10-3-4-12(13)17-10/h3-4,14H,5-7H2,1-2H3,(H,15,16). The molecule has 0 fully saturated rings. The molecule has 2 rings (SSSR count). The van der Waals surface area contributed by atoms with Gasteiger partial charge in [0, 0.05) is 29.2 Å². The first-order valence-corrected chi connectivity index (χ1v) is 6.81. The van der Waals surface area contributed by atoms with E-state index in [4.69, 9.17) is 11.6 Å². The highest BCUT2D eigenvalue weighted by Gasteiger charge is 2.05. The summed E-state index contributed by atoms with van der Waals surface area (Å²) in [5.74, 6) is 0. The van der Waals surface area contributed by atoms with Crippen LogP contribution in [0, 0.1) is 13.8 Å². The fraction of sp³-hybridized carbons (Fsp3) is 0.417. The Hall–Kier alpha value is -0.840. The fourth-order valence-electron chi connectivity index (χ4n) is 1.75. The molecule has 2 heterocycles. The third kappa shape index (κ3) is 3.31. The highest BCUT2D eigenvalue weighted by Crippen LogP contribution is 2.21. The van der Waals surface area contributed by atoms with E-state index in [1.165, 1.54) is 10.4 Å². The van der Waals surface area contributed by atoms with Crippen molar-refractivity contribution >= 4 is 22.9 Å². The van der Waals surface area contributed by atoms with Gasteiger partial charge in [0.2, 0.25) is 0 Å². The van der Waals surface area contributed by atoms with Gasteiger partial charge in [-0.2, -0.15) is 5.10 Å². The van der Waals surface area contributed by atoms with E-state index in [0.717, 1.165) is 35.2 Å². The number of aromatic nitrogens is 2. The molecule has 0 atom stereocenters. The SMILES string of the molecule is Cc1n[nH]c(C)c1CNCCc1ccc(Cl)s1. The van der Waals surface area contributed by atoms with Crippen molar-refractivity contribution < 1.29 is 0 Å². The van der Waals surface area contributed by atoms with Crippen LogP contribution >= 0.6 is 22.9 Å². The first kappa shape index (κ1) is 12.6. The van der Waals surface area contributed by atoms with E-state index in [2.05, 4.69) is 28.5 Å². The smallest absolute Gasteiger partial charge is 0.0931 e. The van der Waals surface area contributed by atoms with E-state index < -0.39 is 0 Å². The van der Waals surface area contributed by atoms with Gasteiger partial charge in [0.05, 0.1) is 10.0 Å². The Morgan fingerprint density at radius 2 is 2.24 bits per heavy atom. The maximum Gasteiger partial charge on any atom is 0.0931 e. The van der Waals surface area contributed by atoms with Gasteiger partial charge in [-0.05, 0) is 32.4 Å². The predicted molar refractivity (Wildman–Crippen MR) is 72.8 cm³/mol. The van der Waals surface area contributed by atoms with Crippen LogP contribution in [0.25, 0.3) is 0 Å². The Morgan fingerprint density at radius 1 is 1.41 bits per heavy atom. The Kier molecular flexibility index (Phi) is 4.20. The van der Waals surface area contributed by atoms with E-state index in [1.54, 1.807) is 11.3 Å². The van der Waals surface area contributed by atoms with Crippen molar-refractivity contribution in [1.82, 2.24) is 15.5 Å². The Balaban J connectivity index is 1.77. The third-order valence-electron chi connectivity index (χ3n) is 2.76. The number of nitrogens with one attached hydrogen (secondary N) is 2. The van der Waals surface area contributed by atoms with Crippen LogP contribution < -0.4 is 5.32 Å². The Morgan fingerprint density at radius 3 is 2.82 bits per heavy atom. The molecule has 0 spiro atoms. The summed E-state index contributed by atoms with van der Waals surface area (Å²) in [4.78, 5) is 1.32. The van der Waals surface area contributed by atoms with Crippen LogP contribution in [0.2, 0.25) is 4.34 Å². The third-order valence-corrected chi connectivity index (χ3v) is 4.05. The molecular formula is C12H16ClN3S. The van der Waals surface area contributed by atoms with Crippen LogP contribution in [0.15, 0.2) is 12.1 Å². The number of hydrogen-bond acceptors (Lipinski definition) is 3. The molecule has 0 bridgehead atoms. The number of hydrogen-bond donors (Lipinski definition) is 2. The summed E-state index contributed by atoms with van der Waals surface area (Å²) < 4.78 is 0.863. The molecule has 0 radical (unpaired) electrons. The summed E-state index contributed by atoms with van der Waals surface area (Å²) in [7, 11) is 0. The molecule has 0 amide bonds. The number of H-pyrrole nitrogens is 1. The maximum atomic E-state index is 5.88. The summed E-state index contributed by atoms with van der Waals surface area (Å²) in [5, 5.41) is 10.6. The van der Waals surface area contributed by atoms with Gasteiger partial charge in [0.1, 0.15) is 0 Å². The lowest BCUT2D eigenvalue weighted by molar-refractivity contribution is 0.686. The second kappa shape index (κ2) is 5.67. The van der Waals surface area contributed by atoms with Crippen LogP contribution in [0.3, 0.4) is 0 Å². The molecule has 5 heteroatoms. The second-order valence-electron chi connectivity index (χ2n) is 4.05. The minimum Gasteiger partial charge on any atom is -0.312 e. The van der Waals surface area contributed by atoms with Crippen LogP contribution in [-0.2, 0) is 13.0 Å². The zero-order valence-corrected chi connectivity index (χ0v) is 11.6. The Bertz CT molecular complexity index is 470. The molecular weight excluding hydrogens is 254 g/mol. The minimum absolute atomic E-state index is 0.863. The molecule has 0 saturated carbocycles. The molecule has 17 heavy (non-hydrogen) atoms. The van der Waals surface area contributed by atoms with Crippen molar-refractivity contribution in [3.63, 3.8) is 0 Å². The molecule has 0 saturated heterocycles. The van der Waals surface area contributed by atoms with E-state index in [-0.39, 0.29) is 0 Å². The lowest BCUT2D eigenvalue weighted by Gasteiger charge is -2.03. The van der Waals surface area contributed by atoms with Crippen molar-refractivity contribution in [3.05, 3.63) is 38.3 Å². The summed E-state index contributed by atoms with van der Waals surface area (Å²) in [5.41, 5.74) is 3.50. The molecule has 2 aromatic rings. The summed E-state index contributed by atoms with van der Waals surface area (Å²) in [6, 6.07) is 4.04. The summed E-state index contributed by atoms with van der Waals surface area (Å²) in [6.45, 7) is 5.91. The zero-order valence-electron chi connectivity index (χ0n) is 10.0. The minimum atomic E-state index is 0.863. The first-order chi connectivity index (χ1) is 8.16. The summed E-state index contributed by atoms with van der Waals surface area (Å²) >= 11 is 7.53. The van der Waals surface area contributed by atoms with Gasteiger partial charge in [0.15, 0.2) is 0 Å². The van der Waals surface area contributed by atoms with Gasteiger partial charge >= 0.3 is 0 Å².